The summed E-state index contributed by atoms with van der Waals surface area (Å²) < 4.78 is 5.21. The highest BCUT2D eigenvalue weighted by Crippen LogP contribution is 2.31. The lowest BCUT2D eigenvalue weighted by molar-refractivity contribution is 0.161. The highest BCUT2D eigenvalue weighted by Gasteiger charge is 2.18. The third kappa shape index (κ3) is 3.81. The van der Waals surface area contributed by atoms with Crippen molar-refractivity contribution in [1.29, 1.82) is 0 Å². The number of benzene rings is 1. The van der Waals surface area contributed by atoms with E-state index >= 15 is 0 Å². The fourth-order valence-corrected chi connectivity index (χ4v) is 4.48. The van der Waals surface area contributed by atoms with Crippen LogP contribution < -0.4 is 5.32 Å². The number of imidazole rings is 1. The fourth-order valence-electron chi connectivity index (χ4n) is 3.43. The van der Waals surface area contributed by atoms with Gasteiger partial charge in [0, 0.05) is 35.1 Å². The van der Waals surface area contributed by atoms with Gasteiger partial charge in [0.1, 0.15) is 11.8 Å². The maximum atomic E-state index is 10.8. The molecule has 6 nitrogen and oxygen atoms in total. The molecule has 0 spiro atoms. The first-order chi connectivity index (χ1) is 12.8. The number of halogens is 2. The van der Waals surface area contributed by atoms with E-state index in [-0.39, 0.29) is 24.8 Å². The summed E-state index contributed by atoms with van der Waals surface area (Å²) in [6.45, 7) is 3.11. The monoisotopic (exact) mass is 437 g/mol. The molecule has 4 aromatic rings. The Morgan fingerprint density at radius 1 is 1.21 bits per heavy atom. The molecular formula is C19H21Cl2N5OS. The molecule has 0 fully saturated rings. The lowest BCUT2D eigenvalue weighted by Gasteiger charge is -2.13. The van der Waals surface area contributed by atoms with Gasteiger partial charge in [0.2, 0.25) is 0 Å². The normalized spacial score (nSPS) is 14.2. The van der Waals surface area contributed by atoms with E-state index in [0.717, 1.165) is 36.0 Å². The van der Waals surface area contributed by atoms with Gasteiger partial charge < -0.3 is 15.0 Å². The molecule has 1 aliphatic rings. The first-order valence-electron chi connectivity index (χ1n) is 8.73. The third-order valence-corrected chi connectivity index (χ3v) is 5.97. The quantitative estimate of drug-likeness (QED) is 0.511. The molecule has 0 saturated heterocycles. The molecule has 9 heteroatoms. The number of aliphatic hydroxyl groups excluding tert-OH is 1. The number of thiophene rings is 1. The van der Waals surface area contributed by atoms with E-state index in [1.54, 1.807) is 17.5 Å². The SMILES string of the molecule is Cl.Cl.OC(Cn1ccnc1-c1cc2n(n1)CCNC2)c1cc2ccccc2s1. The minimum absolute atomic E-state index is 0. The highest BCUT2D eigenvalue weighted by molar-refractivity contribution is 7.19. The van der Waals surface area contributed by atoms with Gasteiger partial charge in [-0.25, -0.2) is 4.98 Å². The van der Waals surface area contributed by atoms with Crippen LogP contribution in [0.1, 0.15) is 16.7 Å². The molecule has 4 heterocycles. The zero-order valence-electron chi connectivity index (χ0n) is 15.0. The van der Waals surface area contributed by atoms with E-state index in [9.17, 15) is 5.11 Å². The molecule has 0 radical (unpaired) electrons. The van der Waals surface area contributed by atoms with Crippen LogP contribution in [0.15, 0.2) is 48.8 Å². The van der Waals surface area contributed by atoms with Gasteiger partial charge in [-0.2, -0.15) is 5.10 Å². The van der Waals surface area contributed by atoms with Crippen LogP contribution in [0.4, 0.5) is 0 Å². The number of hydrogen-bond donors (Lipinski definition) is 2. The van der Waals surface area contributed by atoms with E-state index < -0.39 is 6.10 Å². The largest absolute Gasteiger partial charge is 0.386 e. The molecule has 3 aromatic heterocycles. The van der Waals surface area contributed by atoms with Crippen molar-refractivity contribution in [3.63, 3.8) is 0 Å². The molecule has 1 atom stereocenters. The van der Waals surface area contributed by atoms with E-state index in [0.29, 0.717) is 6.54 Å². The molecule has 2 N–H and O–H groups in total. The Kier molecular flexibility index (Phi) is 6.42. The maximum absolute atomic E-state index is 10.8. The minimum atomic E-state index is -0.570. The van der Waals surface area contributed by atoms with Gasteiger partial charge in [-0.3, -0.25) is 4.68 Å². The van der Waals surface area contributed by atoms with Crippen molar-refractivity contribution in [2.45, 2.75) is 25.7 Å². The Bertz CT molecular complexity index is 1020. The summed E-state index contributed by atoms with van der Waals surface area (Å²) in [6.07, 6.45) is 3.10. The number of rotatable bonds is 4. The average Bonchev–Trinajstić information content (AvgIpc) is 3.38. The van der Waals surface area contributed by atoms with Gasteiger partial charge in [0.05, 0.1) is 18.8 Å². The Morgan fingerprint density at radius 2 is 2.07 bits per heavy atom. The first kappa shape index (κ1) is 20.8. The second kappa shape index (κ2) is 8.63. The van der Waals surface area contributed by atoms with E-state index in [1.807, 2.05) is 27.6 Å². The molecular weight excluding hydrogens is 417 g/mol. The van der Waals surface area contributed by atoms with Crippen molar-refractivity contribution in [2.75, 3.05) is 6.54 Å². The Hall–Kier alpha value is -1.90. The molecule has 5 rings (SSSR count). The molecule has 1 aromatic carbocycles. The Balaban J connectivity index is 0.00000112. The number of nitrogens with zero attached hydrogens (tertiary/aromatic N) is 4. The van der Waals surface area contributed by atoms with Crippen molar-refractivity contribution >= 4 is 46.2 Å². The van der Waals surface area contributed by atoms with E-state index in [4.69, 9.17) is 0 Å². The molecule has 1 unspecified atom stereocenters. The van der Waals surface area contributed by atoms with Gasteiger partial charge in [-0.15, -0.1) is 36.2 Å². The topological polar surface area (TPSA) is 67.9 Å². The Labute approximate surface area is 179 Å². The second-order valence-electron chi connectivity index (χ2n) is 6.53. The fraction of sp³-hybridized carbons (Fsp3) is 0.263. The number of aromatic nitrogens is 4. The molecule has 148 valence electrons. The zero-order chi connectivity index (χ0) is 17.5. The van der Waals surface area contributed by atoms with Crippen LogP contribution in [0, 0.1) is 0 Å². The first-order valence-corrected chi connectivity index (χ1v) is 9.55. The maximum Gasteiger partial charge on any atom is 0.160 e. The summed E-state index contributed by atoms with van der Waals surface area (Å²) >= 11 is 1.64. The van der Waals surface area contributed by atoms with E-state index in [1.165, 1.54) is 15.8 Å². The minimum Gasteiger partial charge on any atom is -0.386 e. The van der Waals surface area contributed by atoms with Crippen LogP contribution >= 0.6 is 36.2 Å². The molecule has 0 saturated carbocycles. The van der Waals surface area contributed by atoms with Crippen LogP contribution in [-0.2, 0) is 19.6 Å². The molecule has 28 heavy (non-hydrogen) atoms. The lowest BCUT2D eigenvalue weighted by atomic mass is 10.2. The van der Waals surface area contributed by atoms with Crippen LogP contribution in [-0.4, -0.2) is 31.0 Å². The third-order valence-electron chi connectivity index (χ3n) is 4.76. The highest BCUT2D eigenvalue weighted by atomic mass is 35.5. The second-order valence-corrected chi connectivity index (χ2v) is 7.64. The van der Waals surface area contributed by atoms with Gasteiger partial charge >= 0.3 is 0 Å². The smallest absolute Gasteiger partial charge is 0.160 e. The zero-order valence-corrected chi connectivity index (χ0v) is 17.4. The van der Waals surface area contributed by atoms with Crippen LogP contribution in [0.2, 0.25) is 0 Å². The van der Waals surface area contributed by atoms with Crippen molar-refractivity contribution in [1.82, 2.24) is 24.6 Å². The van der Waals surface area contributed by atoms with Gasteiger partial charge in [-0.1, -0.05) is 18.2 Å². The number of hydrogen-bond acceptors (Lipinski definition) is 5. The van der Waals surface area contributed by atoms with Crippen LogP contribution in [0.25, 0.3) is 21.6 Å². The summed E-state index contributed by atoms with van der Waals surface area (Å²) in [5.41, 5.74) is 2.03. The molecule has 0 amide bonds. The number of fused-ring (bicyclic) bond motifs is 2. The summed E-state index contributed by atoms with van der Waals surface area (Å²) in [6, 6.07) is 12.4. The van der Waals surface area contributed by atoms with Gasteiger partial charge in [-0.05, 0) is 23.6 Å². The summed E-state index contributed by atoms with van der Waals surface area (Å²) in [7, 11) is 0. The van der Waals surface area contributed by atoms with E-state index in [2.05, 4.69) is 39.7 Å². The van der Waals surface area contributed by atoms with Gasteiger partial charge in [0.25, 0.3) is 0 Å². The van der Waals surface area contributed by atoms with Crippen molar-refractivity contribution in [3.05, 3.63) is 59.4 Å². The summed E-state index contributed by atoms with van der Waals surface area (Å²) in [5.74, 6) is 0.798. The number of nitrogens with one attached hydrogen (secondary N) is 1. The van der Waals surface area contributed by atoms with Crippen molar-refractivity contribution < 1.29 is 5.11 Å². The molecule has 0 bridgehead atoms. The lowest BCUT2D eigenvalue weighted by Crippen LogP contribution is -2.28. The van der Waals surface area contributed by atoms with Crippen molar-refractivity contribution in [3.8, 4) is 11.5 Å². The predicted molar refractivity (Wildman–Crippen MR) is 116 cm³/mol. The molecule has 1 aliphatic heterocycles. The average molecular weight is 438 g/mol. The summed E-state index contributed by atoms with van der Waals surface area (Å²) in [4.78, 5) is 5.45. The van der Waals surface area contributed by atoms with Crippen molar-refractivity contribution in [2.24, 2.45) is 0 Å². The van der Waals surface area contributed by atoms with Crippen LogP contribution in [0.3, 0.4) is 0 Å². The number of aliphatic hydroxyl groups is 1. The Morgan fingerprint density at radius 3 is 2.89 bits per heavy atom. The summed E-state index contributed by atoms with van der Waals surface area (Å²) in [5, 5.41) is 20.0. The van der Waals surface area contributed by atoms with Gasteiger partial charge in [0.15, 0.2) is 5.82 Å². The molecule has 0 aliphatic carbocycles. The predicted octanol–water partition coefficient (Wildman–Crippen LogP) is 3.64. The van der Waals surface area contributed by atoms with Crippen LogP contribution in [0.5, 0.6) is 0 Å². The standard InChI is InChI=1S/C19H19N5OS.2ClH/c25-16(18-9-13-3-1-2-4-17(13)26-18)12-23-7-6-21-19(23)15-10-14-11-20-5-8-24(14)22-15;;/h1-4,6-7,9-10,16,20,25H,5,8,11-12H2;2*1H.